The van der Waals surface area contributed by atoms with E-state index in [-0.39, 0.29) is 19.0 Å². The molecule has 152 valence electrons. The Labute approximate surface area is 169 Å². The SMILES string of the molecule is COc1cc(CCC(=O)OCc2ccc(-n3cccn3)cc2)cc(OC)c1OC. The third-order valence-corrected chi connectivity index (χ3v) is 4.45. The molecule has 1 heterocycles. The van der Waals surface area contributed by atoms with E-state index in [0.29, 0.717) is 23.7 Å². The molecule has 0 aliphatic carbocycles. The van der Waals surface area contributed by atoms with E-state index in [1.54, 1.807) is 32.2 Å². The quantitative estimate of drug-likeness (QED) is 0.515. The minimum Gasteiger partial charge on any atom is -0.493 e. The number of hydrogen-bond donors (Lipinski definition) is 0. The average molecular weight is 396 g/mol. The van der Waals surface area contributed by atoms with Crippen LogP contribution in [0.25, 0.3) is 5.69 Å². The molecule has 0 aliphatic rings. The molecular weight excluding hydrogens is 372 g/mol. The summed E-state index contributed by atoms with van der Waals surface area (Å²) in [5, 5.41) is 4.18. The third kappa shape index (κ3) is 5.07. The fourth-order valence-corrected chi connectivity index (χ4v) is 2.93. The maximum Gasteiger partial charge on any atom is 0.306 e. The lowest BCUT2D eigenvalue weighted by atomic mass is 10.1. The van der Waals surface area contributed by atoms with Gasteiger partial charge in [-0.05, 0) is 47.9 Å². The highest BCUT2D eigenvalue weighted by molar-refractivity contribution is 5.70. The number of rotatable bonds is 9. The molecule has 29 heavy (non-hydrogen) atoms. The third-order valence-electron chi connectivity index (χ3n) is 4.45. The van der Waals surface area contributed by atoms with Gasteiger partial charge in [0.1, 0.15) is 6.61 Å². The molecule has 2 aromatic carbocycles. The summed E-state index contributed by atoms with van der Waals surface area (Å²) in [5.74, 6) is 1.38. The van der Waals surface area contributed by atoms with Crippen molar-refractivity contribution in [2.24, 2.45) is 0 Å². The molecule has 7 heteroatoms. The highest BCUT2D eigenvalue weighted by atomic mass is 16.5. The topological polar surface area (TPSA) is 71.8 Å². The van der Waals surface area contributed by atoms with Gasteiger partial charge in [-0.1, -0.05) is 12.1 Å². The summed E-state index contributed by atoms with van der Waals surface area (Å²) in [6, 6.07) is 13.3. The van der Waals surface area contributed by atoms with E-state index in [4.69, 9.17) is 18.9 Å². The zero-order chi connectivity index (χ0) is 20.6. The highest BCUT2D eigenvalue weighted by Crippen LogP contribution is 2.38. The lowest BCUT2D eigenvalue weighted by molar-refractivity contribution is -0.144. The van der Waals surface area contributed by atoms with Crippen molar-refractivity contribution in [1.82, 2.24) is 9.78 Å². The van der Waals surface area contributed by atoms with Crippen molar-refractivity contribution < 1.29 is 23.7 Å². The van der Waals surface area contributed by atoms with E-state index in [1.165, 1.54) is 0 Å². The summed E-state index contributed by atoms with van der Waals surface area (Å²) in [6.45, 7) is 0.230. The number of nitrogens with zero attached hydrogens (tertiary/aromatic N) is 2. The Morgan fingerprint density at radius 3 is 2.21 bits per heavy atom. The van der Waals surface area contributed by atoms with E-state index < -0.39 is 0 Å². The zero-order valence-electron chi connectivity index (χ0n) is 16.8. The molecular formula is C22H24N2O5. The monoisotopic (exact) mass is 396 g/mol. The minimum atomic E-state index is -0.269. The fraction of sp³-hybridized carbons (Fsp3) is 0.273. The first-order chi connectivity index (χ1) is 14.1. The molecule has 0 aliphatic heterocycles. The molecule has 0 bridgehead atoms. The second-order valence-electron chi connectivity index (χ2n) is 6.31. The van der Waals surface area contributed by atoms with Crippen LogP contribution in [0.1, 0.15) is 17.5 Å². The van der Waals surface area contributed by atoms with Crippen LogP contribution in [-0.2, 0) is 22.6 Å². The second kappa shape index (κ2) is 9.64. The van der Waals surface area contributed by atoms with Crippen molar-refractivity contribution in [2.45, 2.75) is 19.4 Å². The van der Waals surface area contributed by atoms with Crippen LogP contribution in [-0.4, -0.2) is 37.1 Å². The molecule has 3 rings (SSSR count). The van der Waals surface area contributed by atoms with Crippen molar-refractivity contribution >= 4 is 5.97 Å². The van der Waals surface area contributed by atoms with Crippen LogP contribution in [0.2, 0.25) is 0 Å². The van der Waals surface area contributed by atoms with Gasteiger partial charge in [0.15, 0.2) is 11.5 Å². The first-order valence-electron chi connectivity index (χ1n) is 9.18. The Kier molecular flexibility index (Phi) is 6.73. The zero-order valence-corrected chi connectivity index (χ0v) is 16.8. The Balaban J connectivity index is 1.53. The summed E-state index contributed by atoms with van der Waals surface area (Å²) in [6.07, 6.45) is 4.36. The lowest BCUT2D eigenvalue weighted by Gasteiger charge is -2.14. The minimum absolute atomic E-state index is 0.230. The summed E-state index contributed by atoms with van der Waals surface area (Å²) >= 11 is 0. The number of methoxy groups -OCH3 is 3. The van der Waals surface area contributed by atoms with E-state index in [9.17, 15) is 4.79 Å². The van der Waals surface area contributed by atoms with Gasteiger partial charge in [-0.25, -0.2) is 4.68 Å². The van der Waals surface area contributed by atoms with Gasteiger partial charge in [-0.15, -0.1) is 0 Å². The van der Waals surface area contributed by atoms with Gasteiger partial charge in [-0.2, -0.15) is 5.10 Å². The number of hydrogen-bond acceptors (Lipinski definition) is 6. The number of esters is 1. The van der Waals surface area contributed by atoms with Crippen LogP contribution >= 0.6 is 0 Å². The molecule has 7 nitrogen and oxygen atoms in total. The van der Waals surface area contributed by atoms with Crippen LogP contribution in [0, 0.1) is 0 Å². The molecule has 0 spiro atoms. The van der Waals surface area contributed by atoms with Crippen molar-refractivity contribution in [3.05, 3.63) is 66.0 Å². The van der Waals surface area contributed by atoms with Gasteiger partial charge in [-0.3, -0.25) is 4.79 Å². The molecule has 0 saturated heterocycles. The highest BCUT2D eigenvalue weighted by Gasteiger charge is 2.14. The molecule has 3 aromatic rings. The fourth-order valence-electron chi connectivity index (χ4n) is 2.93. The normalized spacial score (nSPS) is 10.4. The maximum atomic E-state index is 12.2. The number of aromatic nitrogens is 2. The number of carbonyl (C=O) groups excluding carboxylic acids is 1. The first-order valence-corrected chi connectivity index (χ1v) is 9.18. The predicted molar refractivity (Wildman–Crippen MR) is 108 cm³/mol. The molecule has 0 amide bonds. The van der Waals surface area contributed by atoms with Crippen LogP contribution in [0.15, 0.2) is 54.9 Å². The Hall–Kier alpha value is -3.48. The standard InChI is InChI=1S/C22H24N2O5/c1-26-19-13-17(14-20(27-2)22(19)28-3)7-10-21(25)29-15-16-5-8-18(9-6-16)24-12-4-11-23-24/h4-6,8-9,11-14H,7,10,15H2,1-3H3. The van der Waals surface area contributed by atoms with E-state index in [0.717, 1.165) is 16.8 Å². The van der Waals surface area contributed by atoms with E-state index in [1.807, 2.05) is 48.7 Å². The Morgan fingerprint density at radius 2 is 1.66 bits per heavy atom. The van der Waals surface area contributed by atoms with Gasteiger partial charge in [0.2, 0.25) is 5.75 Å². The summed E-state index contributed by atoms with van der Waals surface area (Å²) in [5.41, 5.74) is 2.77. The number of carbonyl (C=O) groups is 1. The summed E-state index contributed by atoms with van der Waals surface area (Å²) < 4.78 is 23.2. The van der Waals surface area contributed by atoms with Crippen LogP contribution < -0.4 is 14.2 Å². The van der Waals surface area contributed by atoms with Gasteiger partial charge in [0.25, 0.3) is 0 Å². The molecule has 0 unspecified atom stereocenters. The number of benzene rings is 2. The molecule has 0 fully saturated rings. The average Bonchev–Trinajstić information content (AvgIpc) is 3.30. The summed E-state index contributed by atoms with van der Waals surface area (Å²) in [7, 11) is 4.68. The van der Waals surface area contributed by atoms with Crippen molar-refractivity contribution in [3.8, 4) is 22.9 Å². The molecule has 0 radical (unpaired) electrons. The maximum absolute atomic E-state index is 12.2. The van der Waals surface area contributed by atoms with Gasteiger partial charge in [0.05, 0.1) is 27.0 Å². The first kappa shape index (κ1) is 20.3. The van der Waals surface area contributed by atoms with Crippen LogP contribution in [0.3, 0.4) is 0 Å². The van der Waals surface area contributed by atoms with E-state index >= 15 is 0 Å². The van der Waals surface area contributed by atoms with Crippen molar-refractivity contribution in [2.75, 3.05) is 21.3 Å². The largest absolute Gasteiger partial charge is 0.493 e. The summed E-state index contributed by atoms with van der Waals surface area (Å²) in [4.78, 5) is 12.2. The van der Waals surface area contributed by atoms with Crippen LogP contribution in [0.5, 0.6) is 17.2 Å². The molecule has 0 atom stereocenters. The predicted octanol–water partition coefficient (Wildman–Crippen LogP) is 3.57. The molecule has 0 saturated carbocycles. The Bertz CT molecular complexity index is 911. The smallest absolute Gasteiger partial charge is 0.306 e. The second-order valence-corrected chi connectivity index (χ2v) is 6.31. The Morgan fingerprint density at radius 1 is 0.966 bits per heavy atom. The van der Waals surface area contributed by atoms with Gasteiger partial charge >= 0.3 is 5.97 Å². The number of aryl methyl sites for hydroxylation is 1. The van der Waals surface area contributed by atoms with Crippen molar-refractivity contribution in [3.63, 3.8) is 0 Å². The molecule has 0 N–H and O–H groups in total. The van der Waals surface area contributed by atoms with Gasteiger partial charge in [0, 0.05) is 18.8 Å². The van der Waals surface area contributed by atoms with Gasteiger partial charge < -0.3 is 18.9 Å². The van der Waals surface area contributed by atoms with Crippen LogP contribution in [0.4, 0.5) is 0 Å². The van der Waals surface area contributed by atoms with Crippen molar-refractivity contribution in [1.29, 1.82) is 0 Å². The lowest BCUT2D eigenvalue weighted by Crippen LogP contribution is -2.06. The molecule has 1 aromatic heterocycles. The number of ether oxygens (including phenoxy) is 4. The van der Waals surface area contributed by atoms with E-state index in [2.05, 4.69) is 5.10 Å².